The van der Waals surface area contributed by atoms with Crippen molar-refractivity contribution in [1.82, 2.24) is 14.9 Å². The highest BCUT2D eigenvalue weighted by Crippen LogP contribution is 2.35. The quantitative estimate of drug-likeness (QED) is 0.560. The van der Waals surface area contributed by atoms with E-state index in [9.17, 15) is 26.7 Å². The van der Waals surface area contributed by atoms with Gasteiger partial charge in [0.25, 0.3) is 12.3 Å². The van der Waals surface area contributed by atoms with E-state index in [1.54, 1.807) is 30.3 Å². The first kappa shape index (κ1) is 22.2. The number of amides is 1. The van der Waals surface area contributed by atoms with Gasteiger partial charge in [-0.1, -0.05) is 24.3 Å². The summed E-state index contributed by atoms with van der Waals surface area (Å²) in [5.74, 6) is -1.64. The number of nitrogens with zero attached hydrogens (tertiary/aromatic N) is 2. The number of aromatic nitrogens is 2. The number of halogens is 5. The van der Waals surface area contributed by atoms with E-state index in [2.05, 4.69) is 10.3 Å². The standard InChI is InChI=1S/C22H20F5N3O2/c23-18(24)11-30-17-5-1-4-16(19(17)29-21(30)22(25,26)27)13-6-8-14(9-7-13)20(31)28-15-3-2-10-32-12-15/h1,4-9,15,18H,2-3,10-12H2,(H,28,31)/t15-/m1/s1. The minimum absolute atomic E-state index is 0.0305. The Balaban J connectivity index is 1.66. The zero-order valence-corrected chi connectivity index (χ0v) is 16.8. The molecule has 1 aliphatic rings. The Morgan fingerprint density at radius 1 is 1.19 bits per heavy atom. The summed E-state index contributed by atoms with van der Waals surface area (Å²) >= 11 is 0. The molecule has 10 heteroatoms. The van der Waals surface area contributed by atoms with E-state index in [1.807, 2.05) is 0 Å². The number of rotatable bonds is 5. The fourth-order valence-electron chi connectivity index (χ4n) is 3.84. The molecule has 0 bridgehead atoms. The molecule has 170 valence electrons. The Labute approximate surface area is 180 Å². The zero-order chi connectivity index (χ0) is 22.9. The van der Waals surface area contributed by atoms with Crippen molar-refractivity contribution in [3.8, 4) is 11.1 Å². The van der Waals surface area contributed by atoms with Gasteiger partial charge in [-0.05, 0) is 36.6 Å². The van der Waals surface area contributed by atoms with E-state index in [-0.39, 0.29) is 23.0 Å². The highest BCUT2D eigenvalue weighted by molar-refractivity contribution is 5.96. The van der Waals surface area contributed by atoms with Crippen LogP contribution in [0.3, 0.4) is 0 Å². The lowest BCUT2D eigenvalue weighted by molar-refractivity contribution is -0.147. The molecule has 3 aromatic rings. The van der Waals surface area contributed by atoms with Crippen molar-refractivity contribution < 1.29 is 31.5 Å². The Hall–Kier alpha value is -3.01. The smallest absolute Gasteiger partial charge is 0.379 e. The number of ether oxygens (including phenoxy) is 1. The molecule has 32 heavy (non-hydrogen) atoms. The molecule has 0 aliphatic carbocycles. The third-order valence-electron chi connectivity index (χ3n) is 5.31. The highest BCUT2D eigenvalue weighted by atomic mass is 19.4. The van der Waals surface area contributed by atoms with Gasteiger partial charge in [-0.3, -0.25) is 4.79 Å². The Morgan fingerprint density at radius 2 is 1.94 bits per heavy atom. The zero-order valence-electron chi connectivity index (χ0n) is 16.8. The van der Waals surface area contributed by atoms with E-state index >= 15 is 0 Å². The first-order valence-corrected chi connectivity index (χ1v) is 10.1. The first-order valence-electron chi connectivity index (χ1n) is 10.1. The van der Waals surface area contributed by atoms with Gasteiger partial charge in [0.05, 0.1) is 30.2 Å². The number of nitrogens with one attached hydrogen (secondary N) is 1. The van der Waals surface area contributed by atoms with E-state index in [0.29, 0.717) is 34.5 Å². The fraction of sp³-hybridized carbons (Fsp3) is 0.364. The molecular weight excluding hydrogens is 433 g/mol. The van der Waals surface area contributed by atoms with Gasteiger partial charge in [0.1, 0.15) is 0 Å². The van der Waals surface area contributed by atoms with Gasteiger partial charge in [-0.2, -0.15) is 13.2 Å². The summed E-state index contributed by atoms with van der Waals surface area (Å²) in [6.45, 7) is 0.0170. The minimum Gasteiger partial charge on any atom is -0.379 e. The molecule has 5 nitrogen and oxygen atoms in total. The van der Waals surface area contributed by atoms with Gasteiger partial charge in [-0.25, -0.2) is 13.8 Å². The Morgan fingerprint density at radius 3 is 2.56 bits per heavy atom. The molecule has 1 aliphatic heterocycles. The van der Waals surface area contributed by atoms with Gasteiger partial charge in [-0.15, -0.1) is 0 Å². The van der Waals surface area contributed by atoms with Gasteiger partial charge >= 0.3 is 6.18 Å². The molecule has 0 spiro atoms. The number of alkyl halides is 5. The largest absolute Gasteiger partial charge is 0.449 e. The molecule has 1 aromatic heterocycles. The summed E-state index contributed by atoms with van der Waals surface area (Å²) in [4.78, 5) is 16.1. The maximum absolute atomic E-state index is 13.4. The number of para-hydroxylation sites is 1. The number of hydrogen-bond acceptors (Lipinski definition) is 3. The van der Waals surface area contributed by atoms with Crippen LogP contribution >= 0.6 is 0 Å². The topological polar surface area (TPSA) is 56.1 Å². The molecule has 1 amide bonds. The summed E-state index contributed by atoms with van der Waals surface area (Å²) in [5.41, 5.74) is 1.20. The summed E-state index contributed by atoms with van der Waals surface area (Å²) < 4.78 is 72.0. The molecule has 1 saturated heterocycles. The predicted molar refractivity (Wildman–Crippen MR) is 107 cm³/mol. The van der Waals surface area contributed by atoms with Crippen molar-refractivity contribution in [2.75, 3.05) is 13.2 Å². The SMILES string of the molecule is O=C(N[C@@H]1CCCOC1)c1ccc(-c2cccc3c2nc(C(F)(F)F)n3CC(F)F)cc1. The summed E-state index contributed by atoms with van der Waals surface area (Å²) in [6, 6.07) is 10.6. The maximum atomic E-state index is 13.4. The van der Waals surface area contributed by atoms with Crippen LogP contribution in [0.25, 0.3) is 22.2 Å². The van der Waals surface area contributed by atoms with Gasteiger partial charge < -0.3 is 14.6 Å². The monoisotopic (exact) mass is 453 g/mol. The second-order valence-corrected chi connectivity index (χ2v) is 7.57. The van der Waals surface area contributed by atoms with E-state index in [1.165, 1.54) is 12.1 Å². The van der Waals surface area contributed by atoms with Crippen LogP contribution in [0, 0.1) is 0 Å². The molecule has 1 N–H and O–H groups in total. The summed E-state index contributed by atoms with van der Waals surface area (Å²) in [5, 5.41) is 2.89. The van der Waals surface area contributed by atoms with Crippen LogP contribution in [-0.4, -0.2) is 41.1 Å². The van der Waals surface area contributed by atoms with Gasteiger partial charge in [0.15, 0.2) is 0 Å². The number of benzene rings is 2. The van der Waals surface area contributed by atoms with Crippen LogP contribution in [-0.2, 0) is 17.5 Å². The van der Waals surface area contributed by atoms with Crippen molar-refractivity contribution in [2.45, 2.75) is 38.0 Å². The van der Waals surface area contributed by atoms with Gasteiger partial charge in [0.2, 0.25) is 5.82 Å². The molecule has 4 rings (SSSR count). The fourth-order valence-corrected chi connectivity index (χ4v) is 3.84. The van der Waals surface area contributed by atoms with Crippen molar-refractivity contribution >= 4 is 16.9 Å². The van der Waals surface area contributed by atoms with Gasteiger partial charge in [0, 0.05) is 17.7 Å². The number of carbonyl (C=O) groups is 1. The molecular formula is C22H20F5N3O2. The van der Waals surface area contributed by atoms with Crippen molar-refractivity contribution in [1.29, 1.82) is 0 Å². The van der Waals surface area contributed by atoms with Crippen LogP contribution in [0.5, 0.6) is 0 Å². The second kappa shape index (κ2) is 8.85. The third-order valence-corrected chi connectivity index (χ3v) is 5.31. The van der Waals surface area contributed by atoms with E-state index < -0.39 is 25.0 Å². The Kier molecular flexibility index (Phi) is 6.14. The number of fused-ring (bicyclic) bond motifs is 1. The summed E-state index contributed by atoms with van der Waals surface area (Å²) in [6.07, 6.45) is -6.15. The average Bonchev–Trinajstić information content (AvgIpc) is 3.13. The molecule has 1 fully saturated rings. The molecule has 2 aromatic carbocycles. The molecule has 1 atom stereocenters. The Bertz CT molecular complexity index is 1100. The van der Waals surface area contributed by atoms with Crippen LogP contribution < -0.4 is 5.32 Å². The minimum atomic E-state index is -4.88. The first-order chi connectivity index (χ1) is 15.2. The highest BCUT2D eigenvalue weighted by Gasteiger charge is 2.38. The van der Waals surface area contributed by atoms with E-state index in [4.69, 9.17) is 4.74 Å². The van der Waals surface area contributed by atoms with E-state index in [0.717, 1.165) is 12.8 Å². The molecule has 0 unspecified atom stereocenters. The van der Waals surface area contributed by atoms with Crippen LogP contribution in [0.1, 0.15) is 29.0 Å². The average molecular weight is 453 g/mol. The summed E-state index contributed by atoms with van der Waals surface area (Å²) in [7, 11) is 0. The van der Waals surface area contributed by atoms with Crippen LogP contribution in [0.15, 0.2) is 42.5 Å². The molecule has 0 saturated carbocycles. The van der Waals surface area contributed by atoms with Crippen molar-refractivity contribution in [2.24, 2.45) is 0 Å². The lowest BCUT2D eigenvalue weighted by Crippen LogP contribution is -2.40. The third kappa shape index (κ3) is 4.59. The number of imidazole rings is 1. The van der Waals surface area contributed by atoms with Crippen LogP contribution in [0.2, 0.25) is 0 Å². The number of carbonyl (C=O) groups excluding carboxylic acids is 1. The second-order valence-electron chi connectivity index (χ2n) is 7.57. The number of hydrogen-bond donors (Lipinski definition) is 1. The molecule has 2 heterocycles. The lowest BCUT2D eigenvalue weighted by Gasteiger charge is -2.23. The molecule has 0 radical (unpaired) electrons. The van der Waals surface area contributed by atoms with Crippen molar-refractivity contribution in [3.63, 3.8) is 0 Å². The maximum Gasteiger partial charge on any atom is 0.449 e. The lowest BCUT2D eigenvalue weighted by atomic mass is 10.0. The van der Waals surface area contributed by atoms with Crippen molar-refractivity contribution in [3.05, 3.63) is 53.9 Å². The van der Waals surface area contributed by atoms with Crippen LogP contribution in [0.4, 0.5) is 22.0 Å². The normalized spacial score (nSPS) is 17.1. The predicted octanol–water partition coefficient (Wildman–Crippen LogP) is 4.90.